The molecule has 0 bridgehead atoms. The molecule has 7 N–H and O–H groups in total. The molecular weight excluding hydrogens is 498 g/mol. The van der Waals surface area contributed by atoms with Gasteiger partial charge in [-0.05, 0) is 42.9 Å². The fourth-order valence-corrected chi connectivity index (χ4v) is 4.34. The predicted molar refractivity (Wildman–Crippen MR) is 149 cm³/mol. The van der Waals surface area contributed by atoms with Crippen molar-refractivity contribution in [1.29, 1.82) is 0 Å². The standard InChI is InChI=1S/C29H37N5O5/c1-17(2)13-25(29(38)39)34-26(35)18(3)32-28(37)24(15-20-16-31-23-12-8-7-11-21(20)23)33-27(36)22(30)14-19-9-5-4-6-10-19/h4-12,16-18,22,24-25,31H,13-15,30H2,1-3H3,(H,32,37)(H,33,36)(H,34,35)(H,38,39). The second-order valence-corrected chi connectivity index (χ2v) is 10.2. The van der Waals surface area contributed by atoms with Crippen molar-refractivity contribution in [2.45, 2.75) is 64.2 Å². The predicted octanol–water partition coefficient (Wildman–Crippen LogP) is 1.89. The Bertz CT molecular complexity index is 1290. The molecule has 0 saturated heterocycles. The number of para-hydroxylation sites is 1. The number of amides is 3. The number of fused-ring (bicyclic) bond motifs is 1. The van der Waals surface area contributed by atoms with E-state index in [-0.39, 0.29) is 18.8 Å². The molecule has 4 unspecified atom stereocenters. The maximum atomic E-state index is 13.4. The molecule has 10 heteroatoms. The summed E-state index contributed by atoms with van der Waals surface area (Å²) < 4.78 is 0. The molecule has 0 saturated carbocycles. The highest BCUT2D eigenvalue weighted by atomic mass is 16.4. The van der Waals surface area contributed by atoms with E-state index in [1.807, 2.05) is 68.4 Å². The van der Waals surface area contributed by atoms with E-state index >= 15 is 0 Å². The number of rotatable bonds is 13. The third-order valence-electron chi connectivity index (χ3n) is 6.44. The molecule has 0 spiro atoms. The molecule has 0 aliphatic heterocycles. The van der Waals surface area contributed by atoms with Crippen LogP contribution >= 0.6 is 0 Å². The van der Waals surface area contributed by atoms with E-state index in [2.05, 4.69) is 20.9 Å². The highest BCUT2D eigenvalue weighted by Gasteiger charge is 2.29. The maximum absolute atomic E-state index is 13.4. The Morgan fingerprint density at radius 2 is 1.46 bits per heavy atom. The number of aromatic amines is 1. The minimum atomic E-state index is -1.15. The lowest BCUT2D eigenvalue weighted by Gasteiger charge is -2.24. The summed E-state index contributed by atoms with van der Waals surface area (Å²) in [4.78, 5) is 53.8. The molecule has 1 heterocycles. The molecule has 3 amide bonds. The molecule has 2 aromatic carbocycles. The maximum Gasteiger partial charge on any atom is 0.326 e. The van der Waals surface area contributed by atoms with E-state index in [0.717, 1.165) is 22.0 Å². The van der Waals surface area contributed by atoms with Gasteiger partial charge in [-0.3, -0.25) is 14.4 Å². The average Bonchev–Trinajstić information content (AvgIpc) is 3.30. The second kappa shape index (κ2) is 13.6. The fraction of sp³-hybridized carbons (Fsp3) is 0.379. The van der Waals surface area contributed by atoms with Gasteiger partial charge in [0.1, 0.15) is 18.1 Å². The first-order chi connectivity index (χ1) is 18.5. The summed E-state index contributed by atoms with van der Waals surface area (Å²) in [6.07, 6.45) is 2.47. The van der Waals surface area contributed by atoms with Crippen molar-refractivity contribution in [1.82, 2.24) is 20.9 Å². The summed E-state index contributed by atoms with van der Waals surface area (Å²) >= 11 is 0. The zero-order valence-electron chi connectivity index (χ0n) is 22.4. The number of H-pyrrole nitrogens is 1. The quantitative estimate of drug-likeness (QED) is 0.195. The van der Waals surface area contributed by atoms with Crippen LogP contribution in [0.15, 0.2) is 60.8 Å². The number of carbonyl (C=O) groups is 4. The Kier molecular flexibility index (Phi) is 10.2. The fourth-order valence-electron chi connectivity index (χ4n) is 4.34. The van der Waals surface area contributed by atoms with Gasteiger partial charge in [-0.2, -0.15) is 0 Å². The summed E-state index contributed by atoms with van der Waals surface area (Å²) in [5.41, 5.74) is 8.74. The minimum absolute atomic E-state index is 0.0483. The van der Waals surface area contributed by atoms with Crippen LogP contribution in [0.4, 0.5) is 0 Å². The van der Waals surface area contributed by atoms with Gasteiger partial charge in [0.15, 0.2) is 0 Å². The van der Waals surface area contributed by atoms with E-state index in [9.17, 15) is 24.3 Å². The van der Waals surface area contributed by atoms with Crippen LogP contribution in [-0.4, -0.2) is 57.9 Å². The van der Waals surface area contributed by atoms with E-state index in [0.29, 0.717) is 6.42 Å². The molecular formula is C29H37N5O5. The van der Waals surface area contributed by atoms with Crippen molar-refractivity contribution in [2.24, 2.45) is 11.7 Å². The molecule has 39 heavy (non-hydrogen) atoms. The number of nitrogens with two attached hydrogens (primary N) is 1. The number of benzene rings is 2. The molecule has 0 radical (unpaired) electrons. The molecule has 208 valence electrons. The van der Waals surface area contributed by atoms with Crippen molar-refractivity contribution in [3.05, 3.63) is 71.9 Å². The van der Waals surface area contributed by atoms with Gasteiger partial charge in [-0.25, -0.2) is 4.79 Å². The average molecular weight is 536 g/mol. The molecule has 1 aromatic heterocycles. The summed E-state index contributed by atoms with van der Waals surface area (Å²) in [5, 5.41) is 18.2. The number of carboxylic acid groups (broad SMARTS) is 1. The van der Waals surface area contributed by atoms with Crippen molar-refractivity contribution in [3.63, 3.8) is 0 Å². The van der Waals surface area contributed by atoms with Gasteiger partial charge in [0.05, 0.1) is 6.04 Å². The third kappa shape index (κ3) is 8.41. The van der Waals surface area contributed by atoms with Crippen LogP contribution in [0.1, 0.15) is 38.3 Å². The number of carboxylic acids is 1. The minimum Gasteiger partial charge on any atom is -0.480 e. The van der Waals surface area contributed by atoms with Crippen molar-refractivity contribution in [3.8, 4) is 0 Å². The van der Waals surface area contributed by atoms with Gasteiger partial charge in [0, 0.05) is 23.5 Å². The summed E-state index contributed by atoms with van der Waals surface area (Å²) in [5.74, 6) is -2.81. The first kappa shape index (κ1) is 29.4. The van der Waals surface area contributed by atoms with Crippen LogP contribution in [0.3, 0.4) is 0 Å². The topological polar surface area (TPSA) is 166 Å². The Morgan fingerprint density at radius 3 is 2.13 bits per heavy atom. The van der Waals surface area contributed by atoms with E-state index in [1.165, 1.54) is 6.92 Å². The van der Waals surface area contributed by atoms with Gasteiger partial charge < -0.3 is 31.8 Å². The van der Waals surface area contributed by atoms with Crippen molar-refractivity contribution in [2.75, 3.05) is 0 Å². The highest BCUT2D eigenvalue weighted by Crippen LogP contribution is 2.19. The molecule has 4 atom stereocenters. The van der Waals surface area contributed by atoms with Gasteiger partial charge in [0.2, 0.25) is 17.7 Å². The molecule has 10 nitrogen and oxygen atoms in total. The molecule has 0 aliphatic carbocycles. The number of aromatic nitrogens is 1. The number of hydrogen-bond donors (Lipinski definition) is 6. The lowest BCUT2D eigenvalue weighted by Crippen LogP contribution is -2.57. The van der Waals surface area contributed by atoms with Crippen LogP contribution in [-0.2, 0) is 32.0 Å². The van der Waals surface area contributed by atoms with Crippen LogP contribution in [0.25, 0.3) is 10.9 Å². The molecule has 3 aromatic rings. The first-order valence-corrected chi connectivity index (χ1v) is 13.0. The van der Waals surface area contributed by atoms with Crippen molar-refractivity contribution < 1.29 is 24.3 Å². The summed E-state index contributed by atoms with van der Waals surface area (Å²) in [7, 11) is 0. The molecule has 3 rings (SSSR count). The van der Waals surface area contributed by atoms with Crippen molar-refractivity contribution >= 4 is 34.6 Å². The monoisotopic (exact) mass is 535 g/mol. The first-order valence-electron chi connectivity index (χ1n) is 13.0. The Labute approximate surface area is 227 Å². The molecule has 0 fully saturated rings. The van der Waals surface area contributed by atoms with E-state index < -0.39 is 47.9 Å². The lowest BCUT2D eigenvalue weighted by molar-refractivity contribution is -0.142. The van der Waals surface area contributed by atoms with Crippen LogP contribution in [0, 0.1) is 5.92 Å². The summed E-state index contributed by atoms with van der Waals surface area (Å²) in [6, 6.07) is 12.9. The van der Waals surface area contributed by atoms with E-state index in [4.69, 9.17) is 5.73 Å². The largest absolute Gasteiger partial charge is 0.480 e. The number of carbonyl (C=O) groups excluding carboxylic acids is 3. The Balaban J connectivity index is 1.74. The van der Waals surface area contributed by atoms with Gasteiger partial charge in [-0.15, -0.1) is 0 Å². The Hall–Kier alpha value is -4.18. The van der Waals surface area contributed by atoms with Crippen LogP contribution < -0.4 is 21.7 Å². The second-order valence-electron chi connectivity index (χ2n) is 10.2. The lowest BCUT2D eigenvalue weighted by atomic mass is 10.0. The van der Waals surface area contributed by atoms with Crippen LogP contribution in [0.2, 0.25) is 0 Å². The Morgan fingerprint density at radius 1 is 0.821 bits per heavy atom. The van der Waals surface area contributed by atoms with Gasteiger partial charge in [-0.1, -0.05) is 62.4 Å². The highest BCUT2D eigenvalue weighted by molar-refractivity contribution is 5.94. The summed E-state index contributed by atoms with van der Waals surface area (Å²) in [6.45, 7) is 5.18. The van der Waals surface area contributed by atoms with E-state index in [1.54, 1.807) is 6.20 Å². The zero-order valence-corrected chi connectivity index (χ0v) is 22.4. The third-order valence-corrected chi connectivity index (χ3v) is 6.44. The van der Waals surface area contributed by atoms with Gasteiger partial charge in [0.25, 0.3) is 0 Å². The smallest absolute Gasteiger partial charge is 0.326 e. The van der Waals surface area contributed by atoms with Crippen LogP contribution in [0.5, 0.6) is 0 Å². The molecule has 0 aliphatic rings. The number of nitrogens with one attached hydrogen (secondary N) is 4. The zero-order chi connectivity index (χ0) is 28.5. The normalized spacial score (nSPS) is 14.3. The number of aliphatic carboxylic acids is 1. The van der Waals surface area contributed by atoms with Gasteiger partial charge >= 0.3 is 5.97 Å². The number of hydrogen-bond acceptors (Lipinski definition) is 5. The SMILES string of the molecule is CC(C)CC(NC(=O)C(C)NC(=O)C(Cc1c[nH]c2ccccc12)NC(=O)C(N)Cc1ccccc1)C(=O)O.